The third-order valence-corrected chi connectivity index (χ3v) is 3.49. The van der Waals surface area contributed by atoms with E-state index >= 15 is 0 Å². The van der Waals surface area contributed by atoms with Crippen molar-refractivity contribution in [2.75, 3.05) is 6.54 Å². The SMILES string of the molecule is C[C@]1(CCc2ccccc2Cl)C=C(N)NC1. The van der Waals surface area contributed by atoms with Crippen LogP contribution in [0.4, 0.5) is 0 Å². The Morgan fingerprint density at radius 3 is 2.81 bits per heavy atom. The van der Waals surface area contributed by atoms with Gasteiger partial charge in [-0.2, -0.15) is 0 Å². The predicted molar refractivity (Wildman–Crippen MR) is 68.2 cm³/mol. The van der Waals surface area contributed by atoms with Gasteiger partial charge in [-0.15, -0.1) is 0 Å². The Labute approximate surface area is 101 Å². The molecule has 1 aromatic carbocycles. The van der Waals surface area contributed by atoms with Crippen LogP contribution in [0.2, 0.25) is 5.02 Å². The summed E-state index contributed by atoms with van der Waals surface area (Å²) in [6.45, 7) is 3.14. The van der Waals surface area contributed by atoms with E-state index in [1.807, 2.05) is 18.2 Å². The van der Waals surface area contributed by atoms with Gasteiger partial charge in [0.15, 0.2) is 0 Å². The van der Waals surface area contributed by atoms with Crippen LogP contribution in [0.3, 0.4) is 0 Å². The van der Waals surface area contributed by atoms with E-state index in [2.05, 4.69) is 24.4 Å². The molecule has 0 fully saturated rings. The van der Waals surface area contributed by atoms with E-state index < -0.39 is 0 Å². The van der Waals surface area contributed by atoms with Crippen LogP contribution in [-0.4, -0.2) is 6.54 Å². The molecule has 0 aromatic heterocycles. The van der Waals surface area contributed by atoms with Gasteiger partial charge < -0.3 is 11.1 Å². The normalized spacial score (nSPS) is 24.0. The van der Waals surface area contributed by atoms with E-state index in [1.54, 1.807) is 0 Å². The Morgan fingerprint density at radius 2 is 2.19 bits per heavy atom. The van der Waals surface area contributed by atoms with Crippen molar-refractivity contribution in [2.45, 2.75) is 19.8 Å². The number of nitrogens with two attached hydrogens (primary N) is 1. The van der Waals surface area contributed by atoms with Gasteiger partial charge in [0.2, 0.25) is 0 Å². The van der Waals surface area contributed by atoms with Crippen LogP contribution >= 0.6 is 11.6 Å². The molecule has 86 valence electrons. The van der Waals surface area contributed by atoms with E-state index in [0.717, 1.165) is 30.2 Å². The zero-order valence-electron chi connectivity index (χ0n) is 9.46. The fraction of sp³-hybridized carbons (Fsp3) is 0.385. The number of rotatable bonds is 3. The standard InChI is InChI=1S/C13H17ClN2/c1-13(8-12(15)16-9-13)7-6-10-4-2-3-5-11(10)14/h2-5,8,16H,6-7,9,15H2,1H3/t13-/m0/s1. The van der Waals surface area contributed by atoms with Gasteiger partial charge >= 0.3 is 0 Å². The van der Waals surface area contributed by atoms with Gasteiger partial charge in [0.05, 0.1) is 5.82 Å². The third kappa shape index (κ3) is 2.50. The Bertz CT molecular complexity index is 414. The van der Waals surface area contributed by atoms with Gasteiger partial charge in [-0.25, -0.2) is 0 Å². The van der Waals surface area contributed by atoms with Crippen molar-refractivity contribution in [2.24, 2.45) is 11.1 Å². The average molecular weight is 237 g/mol. The molecule has 0 aliphatic carbocycles. The first kappa shape index (κ1) is 11.3. The Kier molecular flexibility index (Phi) is 3.10. The summed E-state index contributed by atoms with van der Waals surface area (Å²) in [5.41, 5.74) is 7.10. The van der Waals surface area contributed by atoms with Crippen molar-refractivity contribution in [3.63, 3.8) is 0 Å². The molecule has 2 rings (SSSR count). The Hall–Kier alpha value is -1.15. The maximum Gasteiger partial charge on any atom is 0.0925 e. The lowest BCUT2D eigenvalue weighted by Gasteiger charge is -2.20. The predicted octanol–water partition coefficient (Wildman–Crippen LogP) is 2.68. The maximum absolute atomic E-state index is 6.13. The first-order chi connectivity index (χ1) is 7.59. The van der Waals surface area contributed by atoms with Crippen LogP contribution in [0.5, 0.6) is 0 Å². The summed E-state index contributed by atoms with van der Waals surface area (Å²) in [4.78, 5) is 0. The molecule has 0 radical (unpaired) electrons. The Balaban J connectivity index is 2.01. The fourth-order valence-electron chi connectivity index (χ4n) is 2.06. The second-order valence-electron chi connectivity index (χ2n) is 4.70. The van der Waals surface area contributed by atoms with Gasteiger partial charge in [0.25, 0.3) is 0 Å². The largest absolute Gasteiger partial charge is 0.386 e. The number of benzene rings is 1. The summed E-state index contributed by atoms with van der Waals surface area (Å²) in [5, 5.41) is 4.02. The van der Waals surface area contributed by atoms with Gasteiger partial charge in [-0.3, -0.25) is 0 Å². The van der Waals surface area contributed by atoms with Gasteiger partial charge in [0, 0.05) is 17.0 Å². The molecule has 1 aliphatic heterocycles. The first-order valence-electron chi connectivity index (χ1n) is 5.55. The summed E-state index contributed by atoms with van der Waals surface area (Å²) in [6, 6.07) is 8.01. The lowest BCUT2D eigenvalue weighted by atomic mass is 9.85. The highest BCUT2D eigenvalue weighted by atomic mass is 35.5. The van der Waals surface area contributed by atoms with Crippen LogP contribution in [0.1, 0.15) is 18.9 Å². The highest BCUT2D eigenvalue weighted by Crippen LogP contribution is 2.30. The molecule has 16 heavy (non-hydrogen) atoms. The van der Waals surface area contributed by atoms with E-state index in [9.17, 15) is 0 Å². The fourth-order valence-corrected chi connectivity index (χ4v) is 2.29. The molecule has 0 saturated carbocycles. The van der Waals surface area contributed by atoms with Gasteiger partial charge in [-0.1, -0.05) is 36.7 Å². The van der Waals surface area contributed by atoms with Crippen molar-refractivity contribution >= 4 is 11.6 Å². The minimum Gasteiger partial charge on any atom is -0.386 e. The van der Waals surface area contributed by atoms with Crippen molar-refractivity contribution < 1.29 is 0 Å². The van der Waals surface area contributed by atoms with Crippen LogP contribution < -0.4 is 11.1 Å². The molecule has 1 atom stereocenters. The molecular formula is C13H17ClN2. The molecule has 1 heterocycles. The summed E-state index contributed by atoms with van der Waals surface area (Å²) in [6.07, 6.45) is 4.16. The highest BCUT2D eigenvalue weighted by Gasteiger charge is 2.26. The monoisotopic (exact) mass is 236 g/mol. The summed E-state index contributed by atoms with van der Waals surface area (Å²) < 4.78 is 0. The Morgan fingerprint density at radius 1 is 1.44 bits per heavy atom. The first-order valence-corrected chi connectivity index (χ1v) is 5.92. The molecule has 2 nitrogen and oxygen atoms in total. The molecular weight excluding hydrogens is 220 g/mol. The quantitative estimate of drug-likeness (QED) is 0.847. The lowest BCUT2D eigenvalue weighted by molar-refractivity contribution is 0.407. The average Bonchev–Trinajstić information content (AvgIpc) is 2.58. The molecule has 0 amide bonds. The molecule has 0 saturated heterocycles. The van der Waals surface area contributed by atoms with E-state index in [1.165, 1.54) is 5.56 Å². The van der Waals surface area contributed by atoms with Gasteiger partial charge in [0.1, 0.15) is 0 Å². The molecule has 3 heteroatoms. The van der Waals surface area contributed by atoms with Gasteiger partial charge in [-0.05, 0) is 30.5 Å². The van der Waals surface area contributed by atoms with Crippen molar-refractivity contribution in [1.82, 2.24) is 5.32 Å². The number of nitrogens with one attached hydrogen (secondary N) is 1. The molecule has 1 aromatic rings. The van der Waals surface area contributed by atoms with Crippen molar-refractivity contribution in [3.8, 4) is 0 Å². The zero-order valence-corrected chi connectivity index (χ0v) is 10.2. The van der Waals surface area contributed by atoms with Crippen molar-refractivity contribution in [3.05, 3.63) is 46.7 Å². The molecule has 0 unspecified atom stereocenters. The van der Waals surface area contributed by atoms with E-state index in [-0.39, 0.29) is 5.41 Å². The molecule has 3 N–H and O–H groups in total. The maximum atomic E-state index is 6.13. The van der Waals surface area contributed by atoms with Crippen molar-refractivity contribution in [1.29, 1.82) is 0 Å². The second kappa shape index (κ2) is 4.38. The zero-order chi connectivity index (χ0) is 11.6. The third-order valence-electron chi connectivity index (χ3n) is 3.12. The lowest BCUT2D eigenvalue weighted by Crippen LogP contribution is -2.23. The summed E-state index contributed by atoms with van der Waals surface area (Å²) >= 11 is 6.13. The van der Waals surface area contributed by atoms with Crippen LogP contribution in [-0.2, 0) is 6.42 Å². The topological polar surface area (TPSA) is 38.0 Å². The minimum atomic E-state index is 0.156. The summed E-state index contributed by atoms with van der Waals surface area (Å²) in [5.74, 6) is 0.793. The highest BCUT2D eigenvalue weighted by molar-refractivity contribution is 6.31. The van der Waals surface area contributed by atoms with E-state index in [0.29, 0.717) is 0 Å². The smallest absolute Gasteiger partial charge is 0.0925 e. The minimum absolute atomic E-state index is 0.156. The second-order valence-corrected chi connectivity index (χ2v) is 5.11. The van der Waals surface area contributed by atoms with E-state index in [4.69, 9.17) is 17.3 Å². The number of hydrogen-bond donors (Lipinski definition) is 2. The number of aryl methyl sites for hydroxylation is 1. The summed E-state index contributed by atoms with van der Waals surface area (Å²) in [7, 11) is 0. The number of hydrogen-bond acceptors (Lipinski definition) is 2. The molecule has 0 spiro atoms. The van der Waals surface area contributed by atoms with Crippen LogP contribution in [0, 0.1) is 5.41 Å². The molecule has 1 aliphatic rings. The van der Waals surface area contributed by atoms with Crippen LogP contribution in [0.15, 0.2) is 36.2 Å². The number of halogens is 1. The van der Waals surface area contributed by atoms with Crippen LogP contribution in [0.25, 0.3) is 0 Å². The molecule has 0 bridgehead atoms.